The minimum Gasteiger partial charge on any atom is -0.480 e. The summed E-state index contributed by atoms with van der Waals surface area (Å²) in [6.07, 6.45) is 3.18. The third kappa shape index (κ3) is 11.4. The van der Waals surface area contributed by atoms with Crippen LogP contribution in [-0.2, 0) is 32.1 Å². The number of hydrogen-bond acceptors (Lipinski definition) is 5. The molecule has 0 aliphatic rings. The number of carboxylic acid groups (broad SMARTS) is 1. The topological polar surface area (TPSA) is 122 Å². The summed E-state index contributed by atoms with van der Waals surface area (Å²) < 4.78 is 5.23. The van der Waals surface area contributed by atoms with E-state index in [0.717, 1.165) is 11.1 Å². The highest BCUT2D eigenvalue weighted by Gasteiger charge is 2.28. The van der Waals surface area contributed by atoms with E-state index in [1.165, 1.54) is 0 Å². The molecular formula is C25H31BrN2O6S. The SMILES string of the molecule is CS(C)(Br)CC(=O)CC[C@H](NC(=O)[C@H](Cc1ccccc1)NC(=O)OCc1ccccc1)C(=O)O. The fourth-order valence-electron chi connectivity index (χ4n) is 3.26. The molecule has 0 unspecified atom stereocenters. The fourth-order valence-corrected chi connectivity index (χ4v) is 4.93. The fraction of sp³-hybridized carbons (Fsp3) is 0.360. The Labute approximate surface area is 214 Å². The molecule has 2 amide bonds. The highest BCUT2D eigenvalue weighted by Crippen LogP contribution is 2.47. The molecule has 0 bridgehead atoms. The average molecular weight is 568 g/mol. The Kier molecular flexibility index (Phi) is 11.3. The minimum atomic E-state index is -1.26. The van der Waals surface area contributed by atoms with Gasteiger partial charge in [-0.05, 0) is 44.9 Å². The largest absolute Gasteiger partial charge is 0.480 e. The first kappa shape index (κ1) is 28.4. The zero-order chi connectivity index (χ0) is 25.8. The maximum Gasteiger partial charge on any atom is 0.408 e. The van der Waals surface area contributed by atoms with Crippen molar-refractivity contribution in [3.8, 4) is 0 Å². The van der Waals surface area contributed by atoms with Gasteiger partial charge in [0.05, 0.1) is 0 Å². The second-order valence-electron chi connectivity index (χ2n) is 8.47. The summed E-state index contributed by atoms with van der Waals surface area (Å²) in [6, 6.07) is 15.8. The molecule has 0 aliphatic heterocycles. The molecule has 10 heteroatoms. The number of ketones is 1. The van der Waals surface area contributed by atoms with Gasteiger partial charge in [0.15, 0.2) is 0 Å². The van der Waals surface area contributed by atoms with Gasteiger partial charge < -0.3 is 20.5 Å². The van der Waals surface area contributed by atoms with Crippen molar-refractivity contribution >= 4 is 47.0 Å². The van der Waals surface area contributed by atoms with Crippen LogP contribution in [0.3, 0.4) is 0 Å². The van der Waals surface area contributed by atoms with Crippen LogP contribution in [0.4, 0.5) is 4.79 Å². The summed E-state index contributed by atoms with van der Waals surface area (Å²) in [4.78, 5) is 49.4. The van der Waals surface area contributed by atoms with E-state index in [4.69, 9.17) is 4.74 Å². The van der Waals surface area contributed by atoms with Crippen molar-refractivity contribution in [2.24, 2.45) is 0 Å². The molecule has 2 aromatic rings. The summed E-state index contributed by atoms with van der Waals surface area (Å²) in [5.41, 5.74) is 1.57. The Balaban J connectivity index is 2.04. The number of benzene rings is 2. The zero-order valence-electron chi connectivity index (χ0n) is 19.7. The summed E-state index contributed by atoms with van der Waals surface area (Å²) in [5, 5.41) is 14.6. The van der Waals surface area contributed by atoms with Crippen LogP contribution in [-0.4, -0.2) is 59.2 Å². The van der Waals surface area contributed by atoms with Crippen molar-refractivity contribution < 1.29 is 29.0 Å². The predicted octanol–water partition coefficient (Wildman–Crippen LogP) is 3.82. The molecule has 0 saturated carbocycles. The first-order chi connectivity index (χ1) is 16.5. The van der Waals surface area contributed by atoms with Crippen molar-refractivity contribution in [2.45, 2.75) is 38.0 Å². The van der Waals surface area contributed by atoms with Crippen molar-refractivity contribution in [3.05, 3.63) is 71.8 Å². The summed E-state index contributed by atoms with van der Waals surface area (Å²) in [7, 11) is -1.23. The number of hydrogen-bond donors (Lipinski definition) is 3. The Hall–Kier alpha value is -2.85. The Morgan fingerprint density at radius 1 is 0.914 bits per heavy atom. The lowest BCUT2D eigenvalue weighted by Crippen LogP contribution is -2.52. The number of Topliss-reactive ketones (excluding diaryl/α,β-unsaturated/α-hetero) is 1. The molecule has 2 aromatic carbocycles. The molecule has 2 rings (SSSR count). The van der Waals surface area contributed by atoms with Crippen molar-refractivity contribution in [1.82, 2.24) is 10.6 Å². The van der Waals surface area contributed by atoms with Crippen LogP contribution in [0, 0.1) is 0 Å². The van der Waals surface area contributed by atoms with E-state index < -0.39 is 38.5 Å². The van der Waals surface area contributed by atoms with Gasteiger partial charge >= 0.3 is 12.1 Å². The standard InChI is InChI=1S/C25H31BrN2O6S/c1-35(2,26)17-20(29)13-14-21(24(31)32)27-23(30)22(15-18-9-5-3-6-10-18)28-25(33)34-16-19-11-7-4-8-12-19/h3-12,21-22H,13-17H2,1-2H3,(H,27,30)(H,28,33)(H,31,32)/t21-,22-/m0/s1. The molecule has 0 aliphatic carbocycles. The van der Waals surface area contributed by atoms with Gasteiger partial charge in [0, 0.05) is 18.6 Å². The molecule has 2 atom stereocenters. The van der Waals surface area contributed by atoms with Gasteiger partial charge in [-0.25, -0.2) is 9.59 Å². The van der Waals surface area contributed by atoms with Crippen LogP contribution in [0.5, 0.6) is 0 Å². The van der Waals surface area contributed by atoms with Crippen LogP contribution in [0.15, 0.2) is 60.7 Å². The molecule has 0 saturated heterocycles. The molecule has 0 fully saturated rings. The Bertz CT molecular complexity index is 998. The molecular weight excluding hydrogens is 536 g/mol. The monoisotopic (exact) mass is 566 g/mol. The maximum atomic E-state index is 13.0. The quantitative estimate of drug-likeness (QED) is 0.339. The molecule has 0 radical (unpaired) electrons. The van der Waals surface area contributed by atoms with E-state index in [1.54, 1.807) is 36.4 Å². The summed E-state index contributed by atoms with van der Waals surface area (Å²) in [5.74, 6) is -1.68. The van der Waals surface area contributed by atoms with E-state index in [9.17, 15) is 24.3 Å². The molecule has 0 heterocycles. The average Bonchev–Trinajstić information content (AvgIpc) is 2.80. The van der Waals surface area contributed by atoms with Crippen molar-refractivity contribution in [2.75, 3.05) is 18.3 Å². The first-order valence-electron chi connectivity index (χ1n) is 11.0. The second kappa shape index (κ2) is 13.9. The normalized spacial score (nSPS) is 13.2. The molecule has 190 valence electrons. The lowest BCUT2D eigenvalue weighted by molar-refractivity contribution is -0.142. The number of halogens is 1. The van der Waals surface area contributed by atoms with Gasteiger partial charge in [0.2, 0.25) is 5.91 Å². The van der Waals surface area contributed by atoms with Gasteiger partial charge in [-0.1, -0.05) is 60.7 Å². The minimum absolute atomic E-state index is 0.0230. The molecule has 8 nitrogen and oxygen atoms in total. The lowest BCUT2D eigenvalue weighted by Gasteiger charge is -2.23. The van der Waals surface area contributed by atoms with E-state index in [2.05, 4.69) is 25.4 Å². The number of carbonyl (C=O) groups excluding carboxylic acids is 3. The van der Waals surface area contributed by atoms with Gasteiger partial charge in [-0.15, -0.1) is 0 Å². The van der Waals surface area contributed by atoms with Gasteiger partial charge in [-0.3, -0.25) is 9.59 Å². The number of nitrogens with one attached hydrogen (secondary N) is 2. The Morgan fingerprint density at radius 2 is 1.49 bits per heavy atom. The third-order valence-corrected chi connectivity index (χ3v) is 6.63. The highest BCUT2D eigenvalue weighted by atomic mass is 79.9. The van der Waals surface area contributed by atoms with E-state index in [1.807, 2.05) is 36.8 Å². The van der Waals surface area contributed by atoms with Crippen LogP contribution in [0.2, 0.25) is 0 Å². The van der Waals surface area contributed by atoms with Gasteiger partial charge in [-0.2, -0.15) is 8.46 Å². The van der Waals surface area contributed by atoms with Crippen molar-refractivity contribution in [3.63, 3.8) is 0 Å². The Morgan fingerprint density at radius 3 is 2.03 bits per heavy atom. The van der Waals surface area contributed by atoms with Gasteiger partial charge in [0.1, 0.15) is 24.5 Å². The van der Waals surface area contributed by atoms with E-state index >= 15 is 0 Å². The van der Waals surface area contributed by atoms with E-state index in [0.29, 0.717) is 5.75 Å². The van der Waals surface area contributed by atoms with Crippen LogP contribution < -0.4 is 10.6 Å². The number of alkyl carbamates (subject to hydrolysis) is 1. The number of ether oxygens (including phenoxy) is 1. The molecule has 0 spiro atoms. The zero-order valence-corrected chi connectivity index (χ0v) is 22.1. The number of rotatable bonds is 13. The number of carboxylic acids is 1. The maximum absolute atomic E-state index is 13.0. The highest BCUT2D eigenvalue weighted by molar-refractivity contribution is 9.58. The predicted molar refractivity (Wildman–Crippen MR) is 141 cm³/mol. The number of carbonyl (C=O) groups is 4. The number of amides is 2. The molecule has 3 N–H and O–H groups in total. The smallest absolute Gasteiger partial charge is 0.408 e. The third-order valence-electron chi connectivity index (χ3n) is 4.93. The first-order valence-corrected chi connectivity index (χ1v) is 15.5. The van der Waals surface area contributed by atoms with Crippen LogP contribution in [0.25, 0.3) is 0 Å². The summed E-state index contributed by atoms with van der Waals surface area (Å²) >= 11 is 3.48. The van der Waals surface area contributed by atoms with Crippen LogP contribution >= 0.6 is 23.3 Å². The molecule has 35 heavy (non-hydrogen) atoms. The lowest BCUT2D eigenvalue weighted by atomic mass is 10.0. The van der Waals surface area contributed by atoms with Crippen LogP contribution in [0.1, 0.15) is 24.0 Å². The summed E-state index contributed by atoms with van der Waals surface area (Å²) in [6.45, 7) is 0.0259. The van der Waals surface area contributed by atoms with E-state index in [-0.39, 0.29) is 31.7 Å². The number of aliphatic carboxylic acids is 1. The van der Waals surface area contributed by atoms with Gasteiger partial charge in [0.25, 0.3) is 0 Å². The second-order valence-corrected chi connectivity index (χ2v) is 16.8. The molecule has 0 aromatic heterocycles. The van der Waals surface area contributed by atoms with Crippen molar-refractivity contribution in [1.29, 1.82) is 0 Å².